The van der Waals surface area contributed by atoms with Crippen LogP contribution in [-0.2, 0) is 4.79 Å². The molecule has 1 nitrogen and oxygen atoms in total. The molecule has 0 aliphatic carbocycles. The van der Waals surface area contributed by atoms with Gasteiger partial charge in [-0.25, -0.2) is 0 Å². The number of alkyl halides is 3. The number of ketones is 1. The molecule has 0 aromatic heterocycles. The highest BCUT2D eigenvalue weighted by atomic mass is 19.4. The molecule has 0 radical (unpaired) electrons. The summed E-state index contributed by atoms with van der Waals surface area (Å²) in [5, 5.41) is 0. The summed E-state index contributed by atoms with van der Waals surface area (Å²) < 4.78 is 35.4. The number of unbranched alkanes of at least 4 members (excludes halogenated alkanes) is 6. The SMILES string of the molecule is CCCCCCCCCC(=O)CC(F)(F)F. The maximum Gasteiger partial charge on any atom is 0.395 e. The second-order valence-electron chi connectivity index (χ2n) is 4.20. The van der Waals surface area contributed by atoms with Crippen molar-refractivity contribution in [2.75, 3.05) is 0 Å². The normalized spacial score (nSPS) is 11.8. The summed E-state index contributed by atoms with van der Waals surface area (Å²) >= 11 is 0. The standard InChI is InChI=1S/C12H21F3O/c1-2-3-4-5-6-7-8-9-11(16)10-12(13,14)15/h2-10H2,1H3. The topological polar surface area (TPSA) is 17.1 Å². The van der Waals surface area contributed by atoms with Crippen LogP contribution in [0, 0.1) is 0 Å². The monoisotopic (exact) mass is 238 g/mol. The summed E-state index contributed by atoms with van der Waals surface area (Å²) in [6.45, 7) is 2.13. The van der Waals surface area contributed by atoms with Gasteiger partial charge in [-0.1, -0.05) is 45.4 Å². The van der Waals surface area contributed by atoms with Crippen molar-refractivity contribution < 1.29 is 18.0 Å². The summed E-state index contributed by atoms with van der Waals surface area (Å²) in [5.41, 5.74) is 0. The Balaban J connectivity index is 3.28. The third kappa shape index (κ3) is 11.5. The van der Waals surface area contributed by atoms with Crippen LogP contribution in [0.4, 0.5) is 13.2 Å². The van der Waals surface area contributed by atoms with Crippen LogP contribution in [0.25, 0.3) is 0 Å². The van der Waals surface area contributed by atoms with E-state index in [-0.39, 0.29) is 6.42 Å². The predicted octanol–water partition coefficient (Wildman–Crippen LogP) is 4.65. The van der Waals surface area contributed by atoms with Crippen molar-refractivity contribution in [1.82, 2.24) is 0 Å². The molecule has 0 amide bonds. The minimum atomic E-state index is -4.34. The lowest BCUT2D eigenvalue weighted by atomic mass is 10.1. The average Bonchev–Trinajstić information content (AvgIpc) is 2.13. The summed E-state index contributed by atoms with van der Waals surface area (Å²) in [5.74, 6) is -0.680. The quantitative estimate of drug-likeness (QED) is 0.534. The van der Waals surface area contributed by atoms with Crippen molar-refractivity contribution in [1.29, 1.82) is 0 Å². The van der Waals surface area contributed by atoms with Crippen molar-refractivity contribution in [3.8, 4) is 0 Å². The summed E-state index contributed by atoms with van der Waals surface area (Å²) in [7, 11) is 0. The molecule has 0 fully saturated rings. The van der Waals surface area contributed by atoms with Gasteiger partial charge >= 0.3 is 6.18 Å². The van der Waals surface area contributed by atoms with E-state index in [2.05, 4.69) is 6.92 Å². The lowest BCUT2D eigenvalue weighted by Gasteiger charge is -2.05. The molecule has 4 heteroatoms. The molecule has 0 saturated heterocycles. The maximum atomic E-state index is 11.8. The molecule has 0 N–H and O–H groups in total. The lowest BCUT2D eigenvalue weighted by Crippen LogP contribution is -2.14. The Morgan fingerprint density at radius 1 is 0.938 bits per heavy atom. The molecule has 16 heavy (non-hydrogen) atoms. The molecule has 0 rings (SSSR count). The molecular formula is C12H21F3O. The van der Waals surface area contributed by atoms with E-state index in [0.29, 0.717) is 6.42 Å². The van der Waals surface area contributed by atoms with Crippen LogP contribution in [0.5, 0.6) is 0 Å². The van der Waals surface area contributed by atoms with Crippen molar-refractivity contribution in [3.05, 3.63) is 0 Å². The van der Waals surface area contributed by atoms with Gasteiger partial charge in [0.15, 0.2) is 0 Å². The first-order valence-electron chi connectivity index (χ1n) is 6.04. The summed E-state index contributed by atoms with van der Waals surface area (Å²) in [6.07, 6.45) is 1.69. The fourth-order valence-electron chi connectivity index (χ4n) is 1.59. The van der Waals surface area contributed by atoms with Gasteiger partial charge in [-0.3, -0.25) is 4.79 Å². The molecule has 0 bridgehead atoms. The van der Waals surface area contributed by atoms with E-state index in [4.69, 9.17) is 0 Å². The van der Waals surface area contributed by atoms with Crippen LogP contribution in [0.1, 0.15) is 64.7 Å². The van der Waals surface area contributed by atoms with Gasteiger partial charge in [0, 0.05) is 6.42 Å². The smallest absolute Gasteiger partial charge is 0.299 e. The van der Waals surface area contributed by atoms with Gasteiger partial charge in [-0.15, -0.1) is 0 Å². The Bertz CT molecular complexity index is 187. The van der Waals surface area contributed by atoms with Gasteiger partial charge in [-0.2, -0.15) is 13.2 Å². The molecule has 0 heterocycles. The molecule has 0 aliphatic heterocycles. The van der Waals surface area contributed by atoms with E-state index >= 15 is 0 Å². The Morgan fingerprint density at radius 2 is 1.44 bits per heavy atom. The fraction of sp³-hybridized carbons (Fsp3) is 0.917. The minimum absolute atomic E-state index is 0.0767. The first-order valence-corrected chi connectivity index (χ1v) is 6.04. The molecule has 0 atom stereocenters. The van der Waals surface area contributed by atoms with Crippen LogP contribution in [0.15, 0.2) is 0 Å². The molecule has 0 aliphatic rings. The second-order valence-corrected chi connectivity index (χ2v) is 4.20. The first-order chi connectivity index (χ1) is 7.45. The Hall–Kier alpha value is -0.540. The Labute approximate surface area is 95.4 Å². The van der Waals surface area contributed by atoms with E-state index in [1.807, 2.05) is 0 Å². The highest BCUT2D eigenvalue weighted by molar-refractivity contribution is 5.78. The van der Waals surface area contributed by atoms with E-state index in [1.165, 1.54) is 19.3 Å². The number of rotatable bonds is 9. The number of halogens is 3. The summed E-state index contributed by atoms with van der Waals surface area (Å²) in [4.78, 5) is 10.9. The Morgan fingerprint density at radius 3 is 1.94 bits per heavy atom. The first kappa shape index (κ1) is 15.5. The van der Waals surface area contributed by atoms with Crippen LogP contribution >= 0.6 is 0 Å². The van der Waals surface area contributed by atoms with Crippen LogP contribution < -0.4 is 0 Å². The maximum absolute atomic E-state index is 11.8. The van der Waals surface area contributed by atoms with Crippen molar-refractivity contribution in [3.63, 3.8) is 0 Å². The van der Waals surface area contributed by atoms with Gasteiger partial charge in [-0.05, 0) is 6.42 Å². The predicted molar refractivity (Wildman–Crippen MR) is 58.3 cm³/mol. The van der Waals surface area contributed by atoms with E-state index in [1.54, 1.807) is 0 Å². The van der Waals surface area contributed by atoms with Gasteiger partial charge in [0.25, 0.3) is 0 Å². The number of carbonyl (C=O) groups excluding carboxylic acids is 1. The fourth-order valence-corrected chi connectivity index (χ4v) is 1.59. The van der Waals surface area contributed by atoms with Gasteiger partial charge in [0.2, 0.25) is 0 Å². The largest absolute Gasteiger partial charge is 0.395 e. The lowest BCUT2D eigenvalue weighted by molar-refractivity contribution is -0.152. The highest BCUT2D eigenvalue weighted by Crippen LogP contribution is 2.21. The van der Waals surface area contributed by atoms with Gasteiger partial charge < -0.3 is 0 Å². The Kier molecular flexibility index (Phi) is 8.30. The highest BCUT2D eigenvalue weighted by Gasteiger charge is 2.30. The number of Topliss-reactive ketones (excluding diaryl/α,β-unsaturated/α-hetero) is 1. The molecule has 0 saturated carbocycles. The number of carbonyl (C=O) groups is 1. The average molecular weight is 238 g/mol. The molecule has 0 aromatic carbocycles. The summed E-state index contributed by atoms with van der Waals surface area (Å²) in [6, 6.07) is 0. The molecular weight excluding hydrogens is 217 g/mol. The van der Waals surface area contributed by atoms with Crippen molar-refractivity contribution in [2.24, 2.45) is 0 Å². The van der Waals surface area contributed by atoms with Crippen LogP contribution in [-0.4, -0.2) is 12.0 Å². The molecule has 96 valence electrons. The van der Waals surface area contributed by atoms with E-state index in [9.17, 15) is 18.0 Å². The second kappa shape index (κ2) is 8.59. The van der Waals surface area contributed by atoms with Crippen LogP contribution in [0.3, 0.4) is 0 Å². The molecule has 0 spiro atoms. The number of hydrogen-bond acceptors (Lipinski definition) is 1. The van der Waals surface area contributed by atoms with Crippen LogP contribution in [0.2, 0.25) is 0 Å². The third-order valence-corrected chi connectivity index (χ3v) is 2.46. The number of hydrogen-bond donors (Lipinski definition) is 0. The third-order valence-electron chi connectivity index (χ3n) is 2.46. The zero-order valence-corrected chi connectivity index (χ0v) is 9.91. The van der Waals surface area contributed by atoms with Crippen molar-refractivity contribution in [2.45, 2.75) is 70.9 Å². The van der Waals surface area contributed by atoms with E-state index in [0.717, 1.165) is 19.3 Å². The van der Waals surface area contributed by atoms with Crippen molar-refractivity contribution >= 4 is 5.78 Å². The van der Waals surface area contributed by atoms with Gasteiger partial charge in [0.1, 0.15) is 12.2 Å². The molecule has 0 unspecified atom stereocenters. The minimum Gasteiger partial charge on any atom is -0.299 e. The zero-order chi connectivity index (χ0) is 12.4. The van der Waals surface area contributed by atoms with E-state index < -0.39 is 18.4 Å². The van der Waals surface area contributed by atoms with Gasteiger partial charge in [0.05, 0.1) is 0 Å². The zero-order valence-electron chi connectivity index (χ0n) is 9.91. The molecule has 0 aromatic rings.